The number of esters is 1. The summed E-state index contributed by atoms with van der Waals surface area (Å²) in [5, 5.41) is 12.8. The normalized spacial score (nSPS) is 13.0. The van der Waals surface area contributed by atoms with Crippen LogP contribution in [0.15, 0.2) is 24.3 Å². The molecule has 1 N–H and O–H groups in total. The summed E-state index contributed by atoms with van der Waals surface area (Å²) in [7, 11) is 0. The Morgan fingerprint density at radius 2 is 1.93 bits per heavy atom. The van der Waals surface area contributed by atoms with Crippen molar-refractivity contribution in [1.82, 2.24) is 0 Å². The first-order valence-corrected chi connectivity index (χ1v) is 10.6. The fourth-order valence-corrected chi connectivity index (χ4v) is 4.47. The lowest BCUT2D eigenvalue weighted by Gasteiger charge is -2.07. The zero-order chi connectivity index (χ0) is 20.6. The number of thiophene rings is 1. The summed E-state index contributed by atoms with van der Waals surface area (Å²) in [4.78, 5) is 25.2. The fraction of sp³-hybridized carbons (Fsp3) is 0.409. The van der Waals surface area contributed by atoms with Gasteiger partial charge in [0, 0.05) is 4.88 Å². The number of hydrogen-bond donors (Lipinski definition) is 1. The van der Waals surface area contributed by atoms with Gasteiger partial charge in [0.1, 0.15) is 16.8 Å². The number of nitriles is 1. The van der Waals surface area contributed by atoms with Gasteiger partial charge in [0.05, 0.1) is 18.6 Å². The van der Waals surface area contributed by atoms with Crippen LogP contribution in [0.1, 0.15) is 47.3 Å². The molecule has 152 valence electrons. The summed E-state index contributed by atoms with van der Waals surface area (Å²) in [6.45, 7) is 1.79. The summed E-state index contributed by atoms with van der Waals surface area (Å²) in [5.74, 6) is -0.261. The SMILES string of the molecule is Cc1ccc(OCCC(=O)OCC(=O)Nc2sc3c(c2C#N)CCCCC3)cc1. The number of aryl methyl sites for hydroxylation is 2. The zero-order valence-electron chi connectivity index (χ0n) is 16.5. The molecule has 1 aromatic heterocycles. The predicted octanol–water partition coefficient (Wildman–Crippen LogP) is 4.15. The van der Waals surface area contributed by atoms with E-state index in [4.69, 9.17) is 9.47 Å². The van der Waals surface area contributed by atoms with Gasteiger partial charge >= 0.3 is 5.97 Å². The molecule has 0 spiro atoms. The van der Waals surface area contributed by atoms with Crippen LogP contribution in [0.3, 0.4) is 0 Å². The molecule has 1 heterocycles. The van der Waals surface area contributed by atoms with Crippen LogP contribution >= 0.6 is 11.3 Å². The molecule has 1 amide bonds. The molecule has 1 aliphatic rings. The number of anilines is 1. The van der Waals surface area contributed by atoms with Crippen LogP contribution in [-0.4, -0.2) is 25.1 Å². The van der Waals surface area contributed by atoms with Crippen LogP contribution in [0.2, 0.25) is 0 Å². The minimum Gasteiger partial charge on any atom is -0.493 e. The predicted molar refractivity (Wildman–Crippen MR) is 111 cm³/mol. The molecular formula is C22H24N2O4S. The summed E-state index contributed by atoms with van der Waals surface area (Å²) >= 11 is 1.46. The summed E-state index contributed by atoms with van der Waals surface area (Å²) in [5.41, 5.74) is 2.75. The van der Waals surface area contributed by atoms with E-state index in [1.807, 2.05) is 31.2 Å². The molecule has 1 aliphatic carbocycles. The van der Waals surface area contributed by atoms with Gasteiger partial charge in [-0.3, -0.25) is 9.59 Å². The molecule has 3 rings (SSSR count). The number of ether oxygens (including phenoxy) is 2. The fourth-order valence-electron chi connectivity index (χ4n) is 3.22. The van der Waals surface area contributed by atoms with Crippen molar-refractivity contribution in [3.05, 3.63) is 45.8 Å². The zero-order valence-corrected chi connectivity index (χ0v) is 17.3. The van der Waals surface area contributed by atoms with E-state index in [1.54, 1.807) is 0 Å². The van der Waals surface area contributed by atoms with E-state index in [0.717, 1.165) is 43.2 Å². The third-order valence-corrected chi connectivity index (χ3v) is 5.95. The summed E-state index contributed by atoms with van der Waals surface area (Å²) in [6.07, 6.45) is 5.21. The summed E-state index contributed by atoms with van der Waals surface area (Å²) in [6, 6.07) is 9.75. The van der Waals surface area contributed by atoms with Crippen LogP contribution in [0, 0.1) is 18.3 Å². The third-order valence-electron chi connectivity index (χ3n) is 4.75. The first-order valence-electron chi connectivity index (χ1n) is 9.76. The van der Waals surface area contributed by atoms with Crippen LogP contribution in [0.4, 0.5) is 5.00 Å². The highest BCUT2D eigenvalue weighted by molar-refractivity contribution is 7.16. The molecule has 2 aromatic rings. The molecule has 0 fully saturated rings. The Balaban J connectivity index is 1.44. The average Bonchev–Trinajstić information content (AvgIpc) is 2.87. The third kappa shape index (κ3) is 5.81. The number of amides is 1. The first-order chi connectivity index (χ1) is 14.1. The molecule has 0 bridgehead atoms. The Bertz CT molecular complexity index is 912. The molecule has 0 unspecified atom stereocenters. The Morgan fingerprint density at radius 1 is 1.17 bits per heavy atom. The average molecular weight is 413 g/mol. The number of rotatable bonds is 7. The standard InChI is InChI=1S/C22H24N2O4S/c1-15-7-9-16(10-8-15)27-12-11-21(26)28-14-20(25)24-22-18(13-23)17-5-3-2-4-6-19(17)29-22/h7-10H,2-6,11-12,14H2,1H3,(H,24,25). The van der Waals surface area contributed by atoms with Crippen LogP contribution in [0.5, 0.6) is 5.75 Å². The summed E-state index contributed by atoms with van der Waals surface area (Å²) < 4.78 is 10.5. The van der Waals surface area contributed by atoms with E-state index in [0.29, 0.717) is 16.3 Å². The molecule has 6 nitrogen and oxygen atoms in total. The minimum atomic E-state index is -0.505. The van der Waals surface area contributed by atoms with Gasteiger partial charge in [-0.15, -0.1) is 11.3 Å². The second-order valence-electron chi connectivity index (χ2n) is 7.00. The van der Waals surface area contributed by atoms with Crippen LogP contribution in [0.25, 0.3) is 0 Å². The van der Waals surface area contributed by atoms with Crippen molar-refractivity contribution in [2.24, 2.45) is 0 Å². The van der Waals surface area contributed by atoms with Crippen molar-refractivity contribution >= 4 is 28.2 Å². The van der Waals surface area contributed by atoms with Gasteiger partial charge in [-0.25, -0.2) is 0 Å². The van der Waals surface area contributed by atoms with Crippen molar-refractivity contribution in [2.75, 3.05) is 18.5 Å². The Hall–Kier alpha value is -2.85. The molecule has 0 atom stereocenters. The minimum absolute atomic E-state index is 0.0535. The maximum atomic E-state index is 12.2. The number of fused-ring (bicyclic) bond motifs is 1. The highest BCUT2D eigenvalue weighted by Gasteiger charge is 2.21. The quantitative estimate of drug-likeness (QED) is 0.545. The molecule has 7 heteroatoms. The first kappa shape index (κ1) is 20.9. The van der Waals surface area contributed by atoms with E-state index in [-0.39, 0.29) is 19.6 Å². The Kier molecular flexibility index (Phi) is 7.25. The maximum Gasteiger partial charge on any atom is 0.309 e. The monoisotopic (exact) mass is 412 g/mol. The highest BCUT2D eigenvalue weighted by Crippen LogP contribution is 2.36. The van der Waals surface area contributed by atoms with E-state index in [1.165, 1.54) is 16.2 Å². The van der Waals surface area contributed by atoms with Gasteiger partial charge in [0.2, 0.25) is 0 Å². The number of nitrogens with zero attached hydrogens (tertiary/aromatic N) is 1. The molecular weight excluding hydrogens is 388 g/mol. The molecule has 0 saturated carbocycles. The smallest absolute Gasteiger partial charge is 0.309 e. The van der Waals surface area contributed by atoms with Crippen LogP contribution in [-0.2, 0) is 27.2 Å². The lowest BCUT2D eigenvalue weighted by Crippen LogP contribution is -2.21. The van der Waals surface area contributed by atoms with Crippen LogP contribution < -0.4 is 10.1 Å². The number of benzene rings is 1. The van der Waals surface area contributed by atoms with Crippen molar-refractivity contribution < 1.29 is 19.1 Å². The van der Waals surface area contributed by atoms with E-state index < -0.39 is 11.9 Å². The van der Waals surface area contributed by atoms with Gasteiger partial charge < -0.3 is 14.8 Å². The van der Waals surface area contributed by atoms with Gasteiger partial charge in [0.25, 0.3) is 5.91 Å². The number of carbonyl (C=O) groups is 2. The van der Waals surface area contributed by atoms with Gasteiger partial charge in [0.15, 0.2) is 6.61 Å². The van der Waals surface area contributed by atoms with E-state index in [9.17, 15) is 14.9 Å². The number of carbonyl (C=O) groups excluding carboxylic acids is 2. The topological polar surface area (TPSA) is 88.4 Å². The second kappa shape index (κ2) is 10.1. The van der Waals surface area contributed by atoms with E-state index >= 15 is 0 Å². The van der Waals surface area contributed by atoms with Gasteiger partial charge in [-0.05, 0) is 50.3 Å². The Morgan fingerprint density at radius 3 is 2.69 bits per heavy atom. The van der Waals surface area contributed by atoms with Gasteiger partial charge in [-0.2, -0.15) is 5.26 Å². The molecule has 0 saturated heterocycles. The highest BCUT2D eigenvalue weighted by atomic mass is 32.1. The number of hydrogen-bond acceptors (Lipinski definition) is 6. The van der Waals surface area contributed by atoms with Crippen molar-refractivity contribution in [1.29, 1.82) is 5.26 Å². The molecule has 0 radical (unpaired) electrons. The van der Waals surface area contributed by atoms with Crippen molar-refractivity contribution in [3.63, 3.8) is 0 Å². The van der Waals surface area contributed by atoms with Crippen molar-refractivity contribution in [2.45, 2.75) is 45.4 Å². The molecule has 29 heavy (non-hydrogen) atoms. The lowest BCUT2D eigenvalue weighted by atomic mass is 10.1. The van der Waals surface area contributed by atoms with E-state index in [2.05, 4.69) is 11.4 Å². The largest absolute Gasteiger partial charge is 0.493 e. The number of nitrogens with one attached hydrogen (secondary N) is 1. The second-order valence-corrected chi connectivity index (χ2v) is 8.11. The maximum absolute atomic E-state index is 12.2. The Labute approximate surface area is 174 Å². The lowest BCUT2D eigenvalue weighted by molar-refractivity contribution is -0.147. The van der Waals surface area contributed by atoms with Gasteiger partial charge in [-0.1, -0.05) is 24.1 Å². The molecule has 0 aliphatic heterocycles. The molecule has 1 aromatic carbocycles. The van der Waals surface area contributed by atoms with Crippen molar-refractivity contribution in [3.8, 4) is 11.8 Å².